The van der Waals surface area contributed by atoms with Crippen molar-refractivity contribution < 1.29 is 0 Å². The van der Waals surface area contributed by atoms with Gasteiger partial charge in [-0.1, -0.05) is 27.7 Å². The van der Waals surface area contributed by atoms with Gasteiger partial charge in [-0.2, -0.15) is 0 Å². The minimum absolute atomic E-state index is 0.341. The van der Waals surface area contributed by atoms with E-state index < -0.39 is 0 Å². The molecule has 0 aromatic heterocycles. The van der Waals surface area contributed by atoms with Gasteiger partial charge in [-0.3, -0.25) is 4.99 Å². The van der Waals surface area contributed by atoms with E-state index in [1.807, 2.05) is 12.5 Å². The molecule has 1 aliphatic heterocycles. The molecule has 0 aliphatic carbocycles. The lowest BCUT2D eigenvalue weighted by Gasteiger charge is -2.05. The Labute approximate surface area is 67.0 Å². The Bertz CT molecular complexity index is 155. The second kappa shape index (κ2) is 3.37. The van der Waals surface area contributed by atoms with Crippen molar-refractivity contribution in [2.75, 3.05) is 12.8 Å². The highest BCUT2D eigenvalue weighted by molar-refractivity contribution is 9.10. The zero-order valence-corrected chi connectivity index (χ0v) is 7.44. The molecule has 0 N–H and O–H groups in total. The van der Waals surface area contributed by atoms with Gasteiger partial charge >= 0.3 is 0 Å². The van der Waals surface area contributed by atoms with E-state index in [4.69, 9.17) is 0 Å². The smallest absolute Gasteiger partial charge is 0.182 e. The molecule has 4 heteroatoms. The number of thioether (sulfide) groups is 1. The predicted molar refractivity (Wildman–Crippen MR) is 47.0 cm³/mol. The molecule has 0 amide bonds. The van der Waals surface area contributed by atoms with Crippen LogP contribution in [0, 0.1) is 0 Å². The number of nitrogens with zero attached hydrogens (tertiary/aromatic N) is 2. The molecule has 1 atom stereocenters. The molecule has 0 saturated heterocycles. The fourth-order valence-electron chi connectivity index (χ4n) is 0.515. The Morgan fingerprint density at radius 3 is 3.11 bits per heavy atom. The van der Waals surface area contributed by atoms with E-state index in [1.54, 1.807) is 11.8 Å². The molecule has 0 fully saturated rings. The van der Waals surface area contributed by atoms with Crippen LogP contribution in [0.15, 0.2) is 9.98 Å². The van der Waals surface area contributed by atoms with Crippen LogP contribution in [-0.4, -0.2) is 29.0 Å². The van der Waals surface area contributed by atoms with Crippen molar-refractivity contribution in [1.82, 2.24) is 0 Å². The molecule has 0 spiro atoms. The second-order valence-corrected chi connectivity index (χ2v) is 3.57. The van der Waals surface area contributed by atoms with Crippen molar-refractivity contribution in [1.29, 1.82) is 0 Å². The van der Waals surface area contributed by atoms with Gasteiger partial charge in [0.1, 0.15) is 0 Å². The summed E-state index contributed by atoms with van der Waals surface area (Å²) in [4.78, 5) is 8.57. The molecule has 1 rings (SSSR count). The fourth-order valence-corrected chi connectivity index (χ4v) is 1.15. The first-order valence-corrected chi connectivity index (χ1v) is 4.73. The summed E-state index contributed by atoms with van der Waals surface area (Å²) in [6, 6.07) is 0. The van der Waals surface area contributed by atoms with Crippen molar-refractivity contribution in [2.24, 2.45) is 9.98 Å². The van der Waals surface area contributed by atoms with E-state index in [0.29, 0.717) is 4.83 Å². The summed E-state index contributed by atoms with van der Waals surface area (Å²) in [6.07, 6.45) is 3.85. The molecule has 0 saturated carbocycles. The molecular formula is C5H7BrN2S. The highest BCUT2D eigenvalue weighted by Crippen LogP contribution is 2.08. The molecule has 1 unspecified atom stereocenters. The van der Waals surface area contributed by atoms with E-state index in [2.05, 4.69) is 25.9 Å². The van der Waals surface area contributed by atoms with Gasteiger partial charge in [0.25, 0.3) is 0 Å². The quantitative estimate of drug-likeness (QED) is 0.553. The Kier molecular flexibility index (Phi) is 2.72. The van der Waals surface area contributed by atoms with E-state index in [9.17, 15) is 0 Å². The second-order valence-electron chi connectivity index (χ2n) is 1.62. The molecular weight excluding hydrogens is 200 g/mol. The lowest BCUT2D eigenvalue weighted by molar-refractivity contribution is 1.07. The van der Waals surface area contributed by atoms with E-state index >= 15 is 0 Å². The van der Waals surface area contributed by atoms with Crippen LogP contribution in [0.2, 0.25) is 0 Å². The first kappa shape index (κ1) is 7.28. The lowest BCUT2D eigenvalue weighted by Crippen LogP contribution is -2.11. The summed E-state index contributed by atoms with van der Waals surface area (Å²) in [5.74, 6) is 0. The largest absolute Gasteiger partial charge is 0.259 e. The van der Waals surface area contributed by atoms with Gasteiger partial charge in [-0.25, -0.2) is 4.99 Å². The Morgan fingerprint density at radius 1 is 1.89 bits per heavy atom. The zero-order chi connectivity index (χ0) is 6.69. The third kappa shape index (κ3) is 2.10. The monoisotopic (exact) mass is 206 g/mol. The SMILES string of the molecule is CSC1=NCC(Br)C=N1. The standard InChI is InChI=1S/C5H7BrN2S/c1-9-5-7-2-4(6)3-8-5/h2,4H,3H2,1H3. The summed E-state index contributed by atoms with van der Waals surface area (Å²) < 4.78 is 0. The number of rotatable bonds is 0. The molecule has 1 heterocycles. The lowest BCUT2D eigenvalue weighted by atomic mass is 10.4. The summed E-state index contributed by atoms with van der Waals surface area (Å²) in [5, 5.41) is 0.880. The van der Waals surface area contributed by atoms with Crippen molar-refractivity contribution >= 4 is 39.1 Å². The summed E-state index contributed by atoms with van der Waals surface area (Å²) >= 11 is 4.96. The molecule has 1 aliphatic rings. The normalized spacial score (nSPS) is 26.0. The number of aliphatic imine (C=N–C) groups is 2. The molecule has 9 heavy (non-hydrogen) atoms. The Morgan fingerprint density at radius 2 is 2.67 bits per heavy atom. The van der Waals surface area contributed by atoms with E-state index in [-0.39, 0.29) is 0 Å². The molecule has 50 valence electrons. The third-order valence-corrected chi connectivity index (χ3v) is 2.06. The van der Waals surface area contributed by atoms with Crippen LogP contribution in [0.4, 0.5) is 0 Å². The topological polar surface area (TPSA) is 24.7 Å². The number of hydrogen-bond donors (Lipinski definition) is 0. The maximum absolute atomic E-state index is 4.16. The van der Waals surface area contributed by atoms with Crippen LogP contribution >= 0.6 is 27.7 Å². The Balaban J connectivity index is 2.52. The van der Waals surface area contributed by atoms with Gasteiger partial charge in [-0.15, -0.1) is 0 Å². The van der Waals surface area contributed by atoms with Gasteiger partial charge in [0.15, 0.2) is 5.17 Å². The zero-order valence-electron chi connectivity index (χ0n) is 5.04. The number of amidine groups is 1. The van der Waals surface area contributed by atoms with Crippen LogP contribution in [0.5, 0.6) is 0 Å². The molecule has 0 aromatic carbocycles. The van der Waals surface area contributed by atoms with Crippen molar-refractivity contribution in [3.8, 4) is 0 Å². The minimum Gasteiger partial charge on any atom is -0.259 e. The fraction of sp³-hybridized carbons (Fsp3) is 0.600. The molecule has 0 bridgehead atoms. The first-order valence-electron chi connectivity index (χ1n) is 2.59. The van der Waals surface area contributed by atoms with Crippen LogP contribution < -0.4 is 0 Å². The van der Waals surface area contributed by atoms with Crippen molar-refractivity contribution in [3.63, 3.8) is 0 Å². The number of halogens is 1. The average molecular weight is 207 g/mol. The van der Waals surface area contributed by atoms with Crippen molar-refractivity contribution in [2.45, 2.75) is 4.83 Å². The summed E-state index contributed by atoms with van der Waals surface area (Å²) in [5.41, 5.74) is 0. The highest BCUT2D eigenvalue weighted by atomic mass is 79.9. The summed E-state index contributed by atoms with van der Waals surface area (Å²) in [7, 11) is 0. The average Bonchev–Trinajstić information content (AvgIpc) is 1.90. The van der Waals surface area contributed by atoms with Crippen LogP contribution in [0.3, 0.4) is 0 Å². The third-order valence-electron chi connectivity index (χ3n) is 0.930. The molecule has 0 aromatic rings. The maximum atomic E-state index is 4.16. The van der Waals surface area contributed by atoms with Crippen LogP contribution in [0.25, 0.3) is 0 Å². The van der Waals surface area contributed by atoms with Crippen molar-refractivity contribution in [3.05, 3.63) is 0 Å². The van der Waals surface area contributed by atoms with Crippen LogP contribution in [0.1, 0.15) is 0 Å². The van der Waals surface area contributed by atoms with Gasteiger partial charge < -0.3 is 0 Å². The number of hydrogen-bond acceptors (Lipinski definition) is 3. The Hall–Kier alpha value is 0.170. The minimum atomic E-state index is 0.341. The first-order chi connectivity index (χ1) is 4.33. The van der Waals surface area contributed by atoms with E-state index in [1.165, 1.54) is 0 Å². The number of alkyl halides is 1. The molecule has 2 nitrogen and oxygen atoms in total. The van der Waals surface area contributed by atoms with Gasteiger partial charge in [0, 0.05) is 6.21 Å². The molecule has 0 radical (unpaired) electrons. The maximum Gasteiger partial charge on any atom is 0.182 e. The van der Waals surface area contributed by atoms with E-state index in [0.717, 1.165) is 11.7 Å². The summed E-state index contributed by atoms with van der Waals surface area (Å²) in [6.45, 7) is 0.819. The van der Waals surface area contributed by atoms with Gasteiger partial charge in [0.05, 0.1) is 11.4 Å². The van der Waals surface area contributed by atoms with Gasteiger partial charge in [-0.05, 0) is 6.26 Å². The predicted octanol–water partition coefficient (Wildman–Crippen LogP) is 1.55. The van der Waals surface area contributed by atoms with Crippen LogP contribution in [-0.2, 0) is 0 Å². The van der Waals surface area contributed by atoms with Gasteiger partial charge in [0.2, 0.25) is 0 Å². The highest BCUT2D eigenvalue weighted by Gasteiger charge is 2.04.